The Labute approximate surface area is 173 Å². The number of amides is 2. The fraction of sp³-hybridized carbons (Fsp3) is 0.417. The van der Waals surface area contributed by atoms with Crippen molar-refractivity contribution in [3.63, 3.8) is 0 Å². The van der Waals surface area contributed by atoms with Gasteiger partial charge in [0.25, 0.3) is 11.8 Å². The van der Waals surface area contributed by atoms with Crippen LogP contribution in [0.3, 0.4) is 0 Å². The molecule has 0 bridgehead atoms. The molecule has 1 saturated heterocycles. The van der Waals surface area contributed by atoms with Gasteiger partial charge in [-0.15, -0.1) is 0 Å². The van der Waals surface area contributed by atoms with E-state index in [9.17, 15) is 9.59 Å². The minimum atomic E-state index is -0.122. The number of anilines is 1. The first-order valence-corrected chi connectivity index (χ1v) is 10.3. The number of hydrogen-bond donors (Lipinski definition) is 1. The second-order valence-corrected chi connectivity index (χ2v) is 8.05. The number of morpholine rings is 1. The highest BCUT2D eigenvalue weighted by Gasteiger charge is 2.20. The Kier molecular flexibility index (Phi) is 6.70. The maximum atomic E-state index is 13.0. The highest BCUT2D eigenvalue weighted by Crippen LogP contribution is 2.30. The Morgan fingerprint density at radius 3 is 2.17 bits per heavy atom. The van der Waals surface area contributed by atoms with Crippen molar-refractivity contribution in [2.45, 2.75) is 39.5 Å². The molecule has 1 aliphatic rings. The monoisotopic (exact) mass is 394 g/mol. The average molecular weight is 395 g/mol. The molecule has 2 aromatic carbocycles. The highest BCUT2D eigenvalue weighted by molar-refractivity contribution is 6.06. The van der Waals surface area contributed by atoms with E-state index in [4.69, 9.17) is 4.74 Å². The summed E-state index contributed by atoms with van der Waals surface area (Å²) in [6.07, 6.45) is 0. The van der Waals surface area contributed by atoms with Gasteiger partial charge in [-0.05, 0) is 53.3 Å². The van der Waals surface area contributed by atoms with E-state index in [1.54, 1.807) is 29.2 Å². The van der Waals surface area contributed by atoms with Crippen LogP contribution in [0.2, 0.25) is 0 Å². The van der Waals surface area contributed by atoms with Crippen LogP contribution in [0.1, 0.15) is 71.4 Å². The highest BCUT2D eigenvalue weighted by atomic mass is 16.5. The topological polar surface area (TPSA) is 58.6 Å². The van der Waals surface area contributed by atoms with Crippen LogP contribution < -0.4 is 5.32 Å². The Balaban J connectivity index is 1.76. The molecule has 2 aromatic rings. The fourth-order valence-corrected chi connectivity index (χ4v) is 3.77. The molecule has 1 N–H and O–H groups in total. The minimum Gasteiger partial charge on any atom is -0.378 e. The van der Waals surface area contributed by atoms with E-state index in [-0.39, 0.29) is 17.7 Å². The standard InChI is InChI=1S/C24H30N2O3/c1-16(2)20-6-5-7-21(22(20)17(3)4)23(27)25-19-10-8-18(9-11-19)24(28)26-12-14-29-15-13-26/h5-11,16-17H,12-15H2,1-4H3,(H,25,27). The molecular weight excluding hydrogens is 364 g/mol. The summed E-state index contributed by atoms with van der Waals surface area (Å²) in [6, 6.07) is 13.0. The first kappa shape index (κ1) is 21.1. The number of benzene rings is 2. The number of carbonyl (C=O) groups is 2. The predicted octanol–water partition coefficient (Wildman–Crippen LogP) is 4.66. The smallest absolute Gasteiger partial charge is 0.255 e. The van der Waals surface area contributed by atoms with Gasteiger partial charge in [0.15, 0.2) is 0 Å². The first-order chi connectivity index (χ1) is 13.9. The van der Waals surface area contributed by atoms with Gasteiger partial charge in [0.2, 0.25) is 0 Å². The predicted molar refractivity (Wildman–Crippen MR) is 116 cm³/mol. The van der Waals surface area contributed by atoms with Crippen molar-refractivity contribution in [1.82, 2.24) is 4.90 Å². The summed E-state index contributed by atoms with van der Waals surface area (Å²) in [5.41, 5.74) is 4.31. The SMILES string of the molecule is CC(C)c1cccc(C(=O)Nc2ccc(C(=O)N3CCOCC3)cc2)c1C(C)C. The molecule has 3 rings (SSSR count). The number of rotatable bonds is 5. The molecule has 0 aliphatic carbocycles. The molecule has 2 amide bonds. The minimum absolute atomic E-state index is 0.00194. The molecule has 1 aliphatic heterocycles. The molecule has 1 fully saturated rings. The zero-order chi connectivity index (χ0) is 21.0. The average Bonchev–Trinajstić information content (AvgIpc) is 2.73. The third kappa shape index (κ3) is 4.85. The van der Waals surface area contributed by atoms with E-state index in [1.165, 1.54) is 5.56 Å². The summed E-state index contributed by atoms with van der Waals surface area (Å²) in [7, 11) is 0. The van der Waals surface area contributed by atoms with Crippen molar-refractivity contribution in [1.29, 1.82) is 0 Å². The Morgan fingerprint density at radius 1 is 0.931 bits per heavy atom. The number of nitrogens with zero attached hydrogens (tertiary/aromatic N) is 1. The van der Waals surface area contributed by atoms with Crippen LogP contribution in [0.5, 0.6) is 0 Å². The van der Waals surface area contributed by atoms with Gasteiger partial charge in [0, 0.05) is 29.9 Å². The van der Waals surface area contributed by atoms with E-state index in [2.05, 4.69) is 39.1 Å². The van der Waals surface area contributed by atoms with Gasteiger partial charge in [0.05, 0.1) is 13.2 Å². The number of carbonyl (C=O) groups excluding carboxylic acids is 2. The van der Waals surface area contributed by atoms with E-state index >= 15 is 0 Å². The Morgan fingerprint density at radius 2 is 1.59 bits per heavy atom. The van der Waals surface area contributed by atoms with Crippen molar-refractivity contribution in [3.8, 4) is 0 Å². The summed E-state index contributed by atoms with van der Waals surface area (Å²) in [6.45, 7) is 10.9. The van der Waals surface area contributed by atoms with E-state index in [1.807, 2.05) is 12.1 Å². The van der Waals surface area contributed by atoms with Crippen molar-refractivity contribution in [2.75, 3.05) is 31.6 Å². The molecule has 29 heavy (non-hydrogen) atoms. The second kappa shape index (κ2) is 9.23. The fourth-order valence-electron chi connectivity index (χ4n) is 3.77. The molecule has 0 saturated carbocycles. The lowest BCUT2D eigenvalue weighted by Crippen LogP contribution is -2.40. The van der Waals surface area contributed by atoms with E-state index in [0.29, 0.717) is 49.0 Å². The van der Waals surface area contributed by atoms with Gasteiger partial charge in [-0.3, -0.25) is 9.59 Å². The van der Waals surface area contributed by atoms with Gasteiger partial charge in [-0.2, -0.15) is 0 Å². The number of nitrogens with one attached hydrogen (secondary N) is 1. The normalized spacial score (nSPS) is 14.3. The molecular formula is C24H30N2O3. The third-order valence-corrected chi connectivity index (χ3v) is 5.27. The lowest BCUT2D eigenvalue weighted by Gasteiger charge is -2.26. The molecule has 0 radical (unpaired) electrons. The van der Waals surface area contributed by atoms with Crippen LogP contribution in [-0.4, -0.2) is 43.0 Å². The number of ether oxygens (including phenoxy) is 1. The van der Waals surface area contributed by atoms with Crippen LogP contribution in [0.15, 0.2) is 42.5 Å². The second-order valence-electron chi connectivity index (χ2n) is 8.05. The lowest BCUT2D eigenvalue weighted by molar-refractivity contribution is 0.0303. The Hall–Kier alpha value is -2.66. The van der Waals surface area contributed by atoms with Gasteiger partial charge < -0.3 is 15.0 Å². The third-order valence-electron chi connectivity index (χ3n) is 5.27. The van der Waals surface area contributed by atoms with Gasteiger partial charge in [-0.1, -0.05) is 39.8 Å². The summed E-state index contributed by atoms with van der Waals surface area (Å²) in [5, 5.41) is 2.98. The zero-order valence-electron chi connectivity index (χ0n) is 17.7. The largest absolute Gasteiger partial charge is 0.378 e. The van der Waals surface area contributed by atoms with Crippen LogP contribution in [0.25, 0.3) is 0 Å². The molecule has 1 heterocycles. The molecule has 0 unspecified atom stereocenters. The molecule has 0 atom stereocenters. The number of hydrogen-bond acceptors (Lipinski definition) is 3. The van der Waals surface area contributed by atoms with Crippen molar-refractivity contribution in [2.24, 2.45) is 0 Å². The molecule has 5 heteroatoms. The van der Waals surface area contributed by atoms with Crippen molar-refractivity contribution >= 4 is 17.5 Å². The quantitative estimate of drug-likeness (QED) is 0.802. The van der Waals surface area contributed by atoms with Crippen LogP contribution in [0.4, 0.5) is 5.69 Å². The Bertz CT molecular complexity index is 866. The maximum Gasteiger partial charge on any atom is 0.255 e. The lowest BCUT2D eigenvalue weighted by atomic mass is 9.86. The molecule has 154 valence electrons. The van der Waals surface area contributed by atoms with Crippen LogP contribution in [0, 0.1) is 0 Å². The van der Waals surface area contributed by atoms with Gasteiger partial charge >= 0.3 is 0 Å². The van der Waals surface area contributed by atoms with E-state index < -0.39 is 0 Å². The van der Waals surface area contributed by atoms with Crippen molar-refractivity contribution < 1.29 is 14.3 Å². The van der Waals surface area contributed by atoms with Gasteiger partial charge in [0.1, 0.15) is 0 Å². The molecule has 0 aromatic heterocycles. The summed E-state index contributed by atoms with van der Waals surface area (Å²) in [5.74, 6) is 0.481. The van der Waals surface area contributed by atoms with E-state index in [0.717, 1.165) is 5.56 Å². The molecule has 5 nitrogen and oxygen atoms in total. The summed E-state index contributed by atoms with van der Waals surface area (Å²) >= 11 is 0. The maximum absolute atomic E-state index is 13.0. The molecule has 0 spiro atoms. The zero-order valence-corrected chi connectivity index (χ0v) is 17.7. The summed E-state index contributed by atoms with van der Waals surface area (Å²) < 4.78 is 5.30. The van der Waals surface area contributed by atoms with Crippen LogP contribution in [-0.2, 0) is 4.74 Å². The summed E-state index contributed by atoms with van der Waals surface area (Å²) in [4.78, 5) is 27.3. The van der Waals surface area contributed by atoms with Crippen molar-refractivity contribution in [3.05, 3.63) is 64.7 Å². The van der Waals surface area contributed by atoms with Gasteiger partial charge in [-0.25, -0.2) is 0 Å². The first-order valence-electron chi connectivity index (χ1n) is 10.3. The van der Waals surface area contributed by atoms with Crippen LogP contribution >= 0.6 is 0 Å².